The van der Waals surface area contributed by atoms with Crippen LogP contribution >= 0.6 is 50.9 Å². The summed E-state index contributed by atoms with van der Waals surface area (Å²) in [5.74, 6) is -0.207. The molecule has 3 N–H and O–H groups in total. The molecule has 0 aliphatic carbocycles. The Morgan fingerprint density at radius 1 is 1.62 bits per heavy atom. The van der Waals surface area contributed by atoms with E-state index in [2.05, 4.69) is 43.8 Å². The van der Waals surface area contributed by atoms with Gasteiger partial charge in [0.05, 0.1) is 0 Å². The van der Waals surface area contributed by atoms with Gasteiger partial charge < -0.3 is 11.1 Å². The Hall–Kier alpha value is 0.150. The first kappa shape index (κ1) is 16.1. The molecule has 0 spiro atoms. The molecule has 0 fully saturated rings. The molecule has 1 aromatic rings. The predicted molar refractivity (Wildman–Crippen MR) is 81.0 cm³/mol. The number of hydrogen-bond acceptors (Lipinski definition) is 2. The van der Waals surface area contributed by atoms with Gasteiger partial charge in [0.1, 0.15) is 0 Å². The van der Waals surface area contributed by atoms with Gasteiger partial charge in [0.25, 0.3) is 0 Å². The van der Waals surface area contributed by atoms with Gasteiger partial charge in [0, 0.05) is 26.2 Å². The summed E-state index contributed by atoms with van der Waals surface area (Å²) in [5.41, 5.74) is 6.21. The Morgan fingerprint density at radius 3 is 2.75 bits per heavy atom. The number of halogens is 3. The van der Waals surface area contributed by atoms with Gasteiger partial charge in [-0.1, -0.05) is 6.92 Å². The molecule has 3 nitrogen and oxygen atoms in total. The number of benzene rings is 1. The van der Waals surface area contributed by atoms with Crippen molar-refractivity contribution >= 4 is 62.5 Å². The summed E-state index contributed by atoms with van der Waals surface area (Å²) in [4.78, 5) is 11.5. The van der Waals surface area contributed by atoms with Crippen LogP contribution in [-0.2, 0) is 4.79 Å². The van der Waals surface area contributed by atoms with Crippen LogP contribution in [0.3, 0.4) is 0 Å². The molecular formula is C10H13BrClIN2O. The summed E-state index contributed by atoms with van der Waals surface area (Å²) in [6.07, 6.45) is 0. The van der Waals surface area contributed by atoms with Gasteiger partial charge >= 0.3 is 0 Å². The van der Waals surface area contributed by atoms with Gasteiger partial charge in [0.15, 0.2) is 0 Å². The maximum atomic E-state index is 11.5. The van der Waals surface area contributed by atoms with E-state index in [-0.39, 0.29) is 24.2 Å². The van der Waals surface area contributed by atoms with E-state index in [4.69, 9.17) is 5.73 Å². The van der Waals surface area contributed by atoms with E-state index in [1.807, 2.05) is 18.2 Å². The molecule has 0 heterocycles. The van der Waals surface area contributed by atoms with Crippen LogP contribution in [0.5, 0.6) is 0 Å². The van der Waals surface area contributed by atoms with Gasteiger partial charge in [-0.3, -0.25) is 4.79 Å². The van der Waals surface area contributed by atoms with Gasteiger partial charge in [-0.15, -0.1) is 12.4 Å². The van der Waals surface area contributed by atoms with E-state index in [0.29, 0.717) is 6.54 Å². The van der Waals surface area contributed by atoms with E-state index in [1.54, 1.807) is 6.92 Å². The Bertz CT molecular complexity index is 376. The van der Waals surface area contributed by atoms with Crippen molar-refractivity contribution < 1.29 is 4.79 Å². The average Bonchev–Trinajstić information content (AvgIpc) is 2.22. The van der Waals surface area contributed by atoms with Crippen molar-refractivity contribution in [2.75, 3.05) is 11.9 Å². The molecule has 1 atom stereocenters. The maximum Gasteiger partial charge on any atom is 0.228 e. The smallest absolute Gasteiger partial charge is 0.228 e. The van der Waals surface area contributed by atoms with Gasteiger partial charge in [-0.2, -0.15) is 0 Å². The molecule has 0 aliphatic rings. The molecule has 0 aromatic heterocycles. The highest BCUT2D eigenvalue weighted by Crippen LogP contribution is 2.22. The van der Waals surface area contributed by atoms with Crippen molar-refractivity contribution in [3.05, 3.63) is 26.2 Å². The molecule has 0 aliphatic heterocycles. The van der Waals surface area contributed by atoms with E-state index in [0.717, 1.165) is 13.7 Å². The first-order chi connectivity index (χ1) is 7.04. The molecule has 0 saturated heterocycles. The highest BCUT2D eigenvalue weighted by Gasteiger charge is 2.10. The summed E-state index contributed by atoms with van der Waals surface area (Å²) in [7, 11) is 0. The van der Waals surface area contributed by atoms with Crippen molar-refractivity contribution in [2.45, 2.75) is 6.92 Å². The van der Waals surface area contributed by atoms with Crippen LogP contribution in [0.15, 0.2) is 22.7 Å². The number of amides is 1. The zero-order chi connectivity index (χ0) is 11.4. The highest BCUT2D eigenvalue weighted by molar-refractivity contribution is 14.1. The topological polar surface area (TPSA) is 55.1 Å². The second-order valence-corrected chi connectivity index (χ2v) is 5.27. The fraction of sp³-hybridized carbons (Fsp3) is 0.300. The Balaban J connectivity index is 0.00000225. The molecule has 0 saturated carbocycles. The Labute approximate surface area is 123 Å². The van der Waals surface area contributed by atoms with Gasteiger partial charge in [-0.05, 0) is 56.7 Å². The van der Waals surface area contributed by atoms with Crippen molar-refractivity contribution in [2.24, 2.45) is 11.7 Å². The third-order valence-electron chi connectivity index (χ3n) is 1.99. The molecule has 90 valence electrons. The average molecular weight is 419 g/mol. The normalized spacial score (nSPS) is 11.5. The van der Waals surface area contributed by atoms with E-state index in [9.17, 15) is 4.79 Å². The van der Waals surface area contributed by atoms with Crippen LogP contribution in [0.1, 0.15) is 6.92 Å². The molecular weight excluding hydrogens is 406 g/mol. The number of nitrogens with two attached hydrogens (primary N) is 1. The lowest BCUT2D eigenvalue weighted by molar-refractivity contribution is -0.119. The number of carbonyl (C=O) groups is 1. The zero-order valence-electron chi connectivity index (χ0n) is 8.67. The summed E-state index contributed by atoms with van der Waals surface area (Å²) in [5, 5.41) is 2.82. The van der Waals surface area contributed by atoms with Crippen LogP contribution in [0.2, 0.25) is 0 Å². The van der Waals surface area contributed by atoms with Crippen LogP contribution < -0.4 is 11.1 Å². The van der Waals surface area contributed by atoms with Crippen molar-refractivity contribution in [1.82, 2.24) is 0 Å². The number of anilines is 1. The van der Waals surface area contributed by atoms with Crippen LogP contribution in [0.25, 0.3) is 0 Å². The Morgan fingerprint density at radius 2 is 2.25 bits per heavy atom. The minimum atomic E-state index is -0.161. The minimum absolute atomic E-state index is 0. The fourth-order valence-corrected chi connectivity index (χ4v) is 1.71. The lowest BCUT2D eigenvalue weighted by Gasteiger charge is -2.10. The SMILES string of the molecule is CC(CN)C(=O)Nc1ccc(Br)c(I)c1.Cl. The molecule has 1 amide bonds. The molecule has 0 bridgehead atoms. The number of nitrogens with one attached hydrogen (secondary N) is 1. The van der Waals surface area contributed by atoms with Crippen molar-refractivity contribution in [3.63, 3.8) is 0 Å². The Kier molecular flexibility index (Phi) is 7.54. The quantitative estimate of drug-likeness (QED) is 0.740. The number of carbonyl (C=O) groups excluding carboxylic acids is 1. The zero-order valence-corrected chi connectivity index (χ0v) is 13.2. The van der Waals surface area contributed by atoms with E-state index >= 15 is 0 Å². The lowest BCUT2D eigenvalue weighted by atomic mass is 10.1. The van der Waals surface area contributed by atoms with Crippen molar-refractivity contribution in [3.8, 4) is 0 Å². The second-order valence-electron chi connectivity index (χ2n) is 3.25. The standard InChI is InChI=1S/C10H12BrIN2O.ClH/c1-6(5-13)10(15)14-7-2-3-8(11)9(12)4-7;/h2-4,6H,5,13H2,1H3,(H,14,15);1H. The predicted octanol–water partition coefficient (Wildman–Crippen LogP) is 3.01. The fourth-order valence-electron chi connectivity index (χ4n) is 0.946. The summed E-state index contributed by atoms with van der Waals surface area (Å²) in [6.45, 7) is 2.17. The summed E-state index contributed by atoms with van der Waals surface area (Å²) in [6, 6.07) is 5.67. The van der Waals surface area contributed by atoms with E-state index < -0.39 is 0 Å². The third-order valence-corrected chi connectivity index (χ3v) is 4.31. The molecule has 0 radical (unpaired) electrons. The first-order valence-electron chi connectivity index (χ1n) is 4.50. The van der Waals surface area contributed by atoms with E-state index in [1.165, 1.54) is 0 Å². The monoisotopic (exact) mass is 418 g/mol. The minimum Gasteiger partial charge on any atom is -0.330 e. The summed E-state index contributed by atoms with van der Waals surface area (Å²) < 4.78 is 2.08. The van der Waals surface area contributed by atoms with Crippen LogP contribution in [-0.4, -0.2) is 12.5 Å². The van der Waals surface area contributed by atoms with Crippen LogP contribution in [0, 0.1) is 9.49 Å². The summed E-state index contributed by atoms with van der Waals surface area (Å²) >= 11 is 5.60. The number of hydrogen-bond donors (Lipinski definition) is 2. The molecule has 1 unspecified atom stereocenters. The number of rotatable bonds is 3. The molecule has 16 heavy (non-hydrogen) atoms. The largest absolute Gasteiger partial charge is 0.330 e. The molecule has 1 rings (SSSR count). The second kappa shape index (κ2) is 7.47. The van der Waals surface area contributed by atoms with Crippen molar-refractivity contribution in [1.29, 1.82) is 0 Å². The maximum absolute atomic E-state index is 11.5. The molecule has 1 aromatic carbocycles. The third kappa shape index (κ3) is 4.57. The lowest BCUT2D eigenvalue weighted by Crippen LogP contribution is -2.26. The van der Waals surface area contributed by atoms with Gasteiger partial charge in [0.2, 0.25) is 5.91 Å². The highest BCUT2D eigenvalue weighted by atomic mass is 127. The van der Waals surface area contributed by atoms with Crippen LogP contribution in [0.4, 0.5) is 5.69 Å². The molecule has 6 heteroatoms. The van der Waals surface area contributed by atoms with Gasteiger partial charge in [-0.25, -0.2) is 0 Å². The first-order valence-corrected chi connectivity index (χ1v) is 6.37.